The van der Waals surface area contributed by atoms with Crippen molar-refractivity contribution >= 4 is 10.0 Å². The van der Waals surface area contributed by atoms with Crippen molar-refractivity contribution in [2.24, 2.45) is 0 Å². The third-order valence-electron chi connectivity index (χ3n) is 3.89. The molecule has 1 aliphatic rings. The van der Waals surface area contributed by atoms with Crippen LogP contribution in [-0.4, -0.2) is 58.8 Å². The molecule has 23 heavy (non-hydrogen) atoms. The van der Waals surface area contributed by atoms with Crippen LogP contribution in [0.2, 0.25) is 0 Å². The number of benzene rings is 1. The second-order valence-corrected chi connectivity index (χ2v) is 7.47. The molecule has 0 saturated carbocycles. The first kappa shape index (κ1) is 18.2. The molecule has 130 valence electrons. The molecule has 6 nitrogen and oxygen atoms in total. The summed E-state index contributed by atoms with van der Waals surface area (Å²) < 4.78 is 43.1. The maximum Gasteiger partial charge on any atom is 0.243 e. The molecule has 1 aromatic rings. The van der Waals surface area contributed by atoms with Gasteiger partial charge in [0.1, 0.15) is 12.4 Å². The van der Waals surface area contributed by atoms with Gasteiger partial charge in [-0.2, -0.15) is 4.31 Å². The van der Waals surface area contributed by atoms with Gasteiger partial charge in [0.25, 0.3) is 0 Å². The first-order chi connectivity index (χ1) is 11.0. The van der Waals surface area contributed by atoms with Crippen LogP contribution in [0.3, 0.4) is 0 Å². The van der Waals surface area contributed by atoms with Gasteiger partial charge in [0, 0.05) is 20.2 Å². The smallest absolute Gasteiger partial charge is 0.243 e. The van der Waals surface area contributed by atoms with E-state index < -0.39 is 10.0 Å². The Hall–Kier alpha value is -1.15. The fourth-order valence-electron chi connectivity index (χ4n) is 2.49. The summed E-state index contributed by atoms with van der Waals surface area (Å²) in [6.45, 7) is 6.01. The van der Waals surface area contributed by atoms with Gasteiger partial charge in [-0.15, -0.1) is 0 Å². The van der Waals surface area contributed by atoms with Gasteiger partial charge in [0.05, 0.1) is 24.2 Å². The quantitative estimate of drug-likeness (QED) is 0.707. The van der Waals surface area contributed by atoms with Crippen molar-refractivity contribution in [3.63, 3.8) is 0 Å². The van der Waals surface area contributed by atoms with Crippen molar-refractivity contribution in [1.82, 2.24) is 4.31 Å². The highest BCUT2D eigenvalue weighted by Crippen LogP contribution is 2.25. The van der Waals surface area contributed by atoms with E-state index in [1.165, 1.54) is 4.31 Å². The van der Waals surface area contributed by atoms with E-state index in [-0.39, 0.29) is 6.10 Å². The van der Waals surface area contributed by atoms with Gasteiger partial charge in [-0.1, -0.05) is 6.92 Å². The van der Waals surface area contributed by atoms with Crippen molar-refractivity contribution in [2.45, 2.75) is 31.3 Å². The molecule has 0 unspecified atom stereocenters. The molecule has 1 aromatic carbocycles. The molecule has 7 heteroatoms. The Morgan fingerprint density at radius 1 is 1.35 bits per heavy atom. The number of ether oxygens (including phenoxy) is 3. The predicted molar refractivity (Wildman–Crippen MR) is 87.3 cm³/mol. The molecular formula is C16H25NO5S. The monoisotopic (exact) mass is 343 g/mol. The maximum atomic E-state index is 12.8. The van der Waals surface area contributed by atoms with Crippen LogP contribution in [0.15, 0.2) is 23.1 Å². The molecule has 0 radical (unpaired) electrons. The van der Waals surface area contributed by atoms with Crippen LogP contribution in [0.1, 0.15) is 18.9 Å². The number of sulfonamides is 1. The summed E-state index contributed by atoms with van der Waals surface area (Å²) >= 11 is 0. The fourth-order valence-corrected chi connectivity index (χ4v) is 4.03. The van der Waals surface area contributed by atoms with E-state index in [0.717, 1.165) is 12.0 Å². The Kier molecular flexibility index (Phi) is 6.41. The molecule has 0 bridgehead atoms. The highest BCUT2D eigenvalue weighted by atomic mass is 32.2. The average Bonchev–Trinajstić information content (AvgIpc) is 2.56. The lowest BCUT2D eigenvalue weighted by Crippen LogP contribution is -2.45. The lowest BCUT2D eigenvalue weighted by molar-refractivity contribution is -0.00278. The molecule has 0 aromatic heterocycles. The first-order valence-electron chi connectivity index (χ1n) is 7.83. The van der Waals surface area contributed by atoms with Gasteiger partial charge in [0.15, 0.2) is 0 Å². The van der Waals surface area contributed by atoms with Crippen LogP contribution in [0, 0.1) is 6.92 Å². The number of hydrogen-bond acceptors (Lipinski definition) is 5. The summed E-state index contributed by atoms with van der Waals surface area (Å²) in [7, 11) is -1.89. The fraction of sp³-hybridized carbons (Fsp3) is 0.625. The zero-order valence-corrected chi connectivity index (χ0v) is 14.8. The summed E-state index contributed by atoms with van der Waals surface area (Å²) in [4.78, 5) is 0.297. The summed E-state index contributed by atoms with van der Waals surface area (Å²) in [5.74, 6) is 0.675. The predicted octanol–water partition coefficient (Wildman–Crippen LogP) is 1.82. The summed E-state index contributed by atoms with van der Waals surface area (Å²) in [5, 5.41) is 0. The van der Waals surface area contributed by atoms with Gasteiger partial charge < -0.3 is 14.2 Å². The van der Waals surface area contributed by atoms with Crippen LogP contribution >= 0.6 is 0 Å². The largest absolute Gasteiger partial charge is 0.491 e. The molecule has 0 amide bonds. The van der Waals surface area contributed by atoms with Gasteiger partial charge in [-0.25, -0.2) is 8.42 Å². The van der Waals surface area contributed by atoms with Crippen LogP contribution in [0.25, 0.3) is 0 Å². The van der Waals surface area contributed by atoms with E-state index in [1.54, 1.807) is 25.3 Å². The van der Waals surface area contributed by atoms with Crippen LogP contribution in [-0.2, 0) is 19.5 Å². The van der Waals surface area contributed by atoms with Gasteiger partial charge in [-0.05, 0) is 37.1 Å². The minimum absolute atomic E-state index is 0.0312. The van der Waals surface area contributed by atoms with Crippen molar-refractivity contribution < 1.29 is 22.6 Å². The third-order valence-corrected chi connectivity index (χ3v) is 5.75. The summed E-state index contributed by atoms with van der Waals surface area (Å²) in [6, 6.07) is 4.96. The Labute approximate surface area is 138 Å². The molecule has 0 spiro atoms. The number of hydrogen-bond donors (Lipinski definition) is 0. The zero-order chi connectivity index (χ0) is 16.9. The lowest BCUT2D eigenvalue weighted by atomic mass is 10.2. The molecule has 1 heterocycles. The Bertz CT molecular complexity index is 617. The molecule has 1 fully saturated rings. The maximum absolute atomic E-state index is 12.8. The highest BCUT2D eigenvalue weighted by Gasteiger charge is 2.30. The van der Waals surface area contributed by atoms with Crippen molar-refractivity contribution in [1.29, 1.82) is 0 Å². The van der Waals surface area contributed by atoms with E-state index in [2.05, 4.69) is 0 Å². The minimum atomic E-state index is -3.50. The lowest BCUT2D eigenvalue weighted by Gasteiger charge is -2.31. The molecule has 1 atom stereocenters. The standard InChI is InChI=1S/C16H25NO5S/c1-4-14-12-17(7-8-21-14)23(18,19)15-5-6-16(13(2)11-15)22-10-9-20-3/h5-6,11,14H,4,7-10,12H2,1-3H3/t14-/m0/s1. The third kappa shape index (κ3) is 4.44. The number of rotatable bonds is 7. The number of morpholine rings is 1. The Balaban J connectivity index is 2.15. The normalized spacial score (nSPS) is 19.7. The molecular weight excluding hydrogens is 318 g/mol. The number of aryl methyl sites for hydroxylation is 1. The van der Waals surface area contributed by atoms with Crippen LogP contribution in [0.4, 0.5) is 0 Å². The van der Waals surface area contributed by atoms with E-state index in [4.69, 9.17) is 14.2 Å². The van der Waals surface area contributed by atoms with Crippen molar-refractivity contribution in [3.05, 3.63) is 23.8 Å². The molecule has 1 saturated heterocycles. The number of methoxy groups -OCH3 is 1. The molecule has 0 aliphatic carbocycles. The van der Waals surface area contributed by atoms with E-state index >= 15 is 0 Å². The topological polar surface area (TPSA) is 65.1 Å². The van der Waals surface area contributed by atoms with Gasteiger partial charge in [0.2, 0.25) is 10.0 Å². The molecule has 0 N–H and O–H groups in total. The summed E-state index contributed by atoms with van der Waals surface area (Å²) in [6.07, 6.45) is 0.772. The van der Waals surface area contributed by atoms with E-state index in [1.807, 2.05) is 13.8 Å². The Morgan fingerprint density at radius 2 is 2.13 bits per heavy atom. The minimum Gasteiger partial charge on any atom is -0.491 e. The SMILES string of the molecule is CC[C@H]1CN(S(=O)(=O)c2ccc(OCCOC)c(C)c2)CCO1. The molecule has 1 aliphatic heterocycles. The zero-order valence-electron chi connectivity index (χ0n) is 13.9. The van der Waals surface area contributed by atoms with Gasteiger partial charge in [-0.3, -0.25) is 0 Å². The second-order valence-electron chi connectivity index (χ2n) is 5.53. The Morgan fingerprint density at radius 3 is 2.78 bits per heavy atom. The first-order valence-corrected chi connectivity index (χ1v) is 9.27. The van der Waals surface area contributed by atoms with Crippen LogP contribution < -0.4 is 4.74 Å². The van der Waals surface area contributed by atoms with E-state index in [0.29, 0.717) is 43.6 Å². The summed E-state index contributed by atoms with van der Waals surface area (Å²) in [5.41, 5.74) is 0.794. The second kappa shape index (κ2) is 8.10. The highest BCUT2D eigenvalue weighted by molar-refractivity contribution is 7.89. The van der Waals surface area contributed by atoms with Crippen molar-refractivity contribution in [2.75, 3.05) is 40.0 Å². The van der Waals surface area contributed by atoms with Crippen LogP contribution in [0.5, 0.6) is 5.75 Å². The molecule has 2 rings (SSSR count). The number of nitrogens with zero attached hydrogens (tertiary/aromatic N) is 1. The van der Waals surface area contributed by atoms with Gasteiger partial charge >= 0.3 is 0 Å². The van der Waals surface area contributed by atoms with E-state index in [9.17, 15) is 8.42 Å². The average molecular weight is 343 g/mol. The van der Waals surface area contributed by atoms with Crippen molar-refractivity contribution in [3.8, 4) is 5.75 Å².